The molecule has 0 radical (unpaired) electrons. The molecular weight excluding hydrogens is 424 g/mol. The molecule has 6 nitrogen and oxygen atoms in total. The number of carbonyl (C=O) groups excluding carboxylic acids is 1. The van der Waals surface area contributed by atoms with Gasteiger partial charge in [0, 0.05) is 43.9 Å². The molecule has 32 heavy (non-hydrogen) atoms. The highest BCUT2D eigenvalue weighted by Crippen LogP contribution is 2.33. The van der Waals surface area contributed by atoms with E-state index in [4.69, 9.17) is 17.3 Å². The van der Waals surface area contributed by atoms with Crippen molar-refractivity contribution >= 4 is 28.9 Å². The average molecular weight is 455 g/mol. The maximum Gasteiger partial charge on any atom is 0.254 e. The van der Waals surface area contributed by atoms with Gasteiger partial charge in [-0.3, -0.25) is 9.69 Å². The van der Waals surface area contributed by atoms with Crippen molar-refractivity contribution < 1.29 is 9.90 Å². The Hall–Kier alpha value is -2.41. The van der Waals surface area contributed by atoms with Gasteiger partial charge in [0.05, 0.1) is 0 Å². The standard InChI is InChI=1S/C25H31ClN4O2/c1-18(20-2-4-22(26)5-3-20)21-7-12-30(13-8-21)24(31)25(32)9-14-29(15-10-25)17-19-6-11-28-23(27)16-19/h2-6,11,16,21,32H,1,7-10,12-15,17H2,(H2,27,28). The fourth-order valence-electron chi connectivity index (χ4n) is 4.77. The molecule has 2 saturated heterocycles. The van der Waals surface area contributed by atoms with Gasteiger partial charge in [-0.05, 0) is 72.6 Å². The van der Waals surface area contributed by atoms with Gasteiger partial charge in [0.15, 0.2) is 0 Å². The van der Waals surface area contributed by atoms with Crippen molar-refractivity contribution in [3.8, 4) is 0 Å². The van der Waals surface area contributed by atoms with Gasteiger partial charge >= 0.3 is 0 Å². The third-order valence-electron chi connectivity index (χ3n) is 6.82. The quantitative estimate of drug-likeness (QED) is 0.721. The molecule has 2 aliphatic rings. The molecule has 2 aromatic rings. The summed E-state index contributed by atoms with van der Waals surface area (Å²) in [5, 5.41) is 11.8. The maximum atomic E-state index is 13.2. The number of carbonyl (C=O) groups is 1. The minimum absolute atomic E-state index is 0.124. The van der Waals surface area contributed by atoms with Crippen LogP contribution in [-0.2, 0) is 11.3 Å². The summed E-state index contributed by atoms with van der Waals surface area (Å²) in [5.41, 5.74) is 7.78. The van der Waals surface area contributed by atoms with Crippen molar-refractivity contribution in [3.63, 3.8) is 0 Å². The van der Waals surface area contributed by atoms with Crippen molar-refractivity contribution in [1.82, 2.24) is 14.8 Å². The first kappa shape index (κ1) is 22.8. The molecule has 4 rings (SSSR count). The number of hydrogen-bond acceptors (Lipinski definition) is 5. The lowest BCUT2D eigenvalue weighted by molar-refractivity contribution is -0.157. The number of aromatic nitrogens is 1. The van der Waals surface area contributed by atoms with E-state index in [-0.39, 0.29) is 5.91 Å². The third-order valence-corrected chi connectivity index (χ3v) is 7.07. The topological polar surface area (TPSA) is 82.7 Å². The zero-order valence-corrected chi connectivity index (χ0v) is 19.1. The monoisotopic (exact) mass is 454 g/mol. The van der Waals surface area contributed by atoms with Crippen LogP contribution < -0.4 is 5.73 Å². The van der Waals surface area contributed by atoms with Crippen molar-refractivity contribution in [1.29, 1.82) is 0 Å². The summed E-state index contributed by atoms with van der Waals surface area (Å²) in [7, 11) is 0. The number of anilines is 1. The molecule has 0 atom stereocenters. The Bertz CT molecular complexity index is 962. The summed E-state index contributed by atoms with van der Waals surface area (Å²) < 4.78 is 0. The van der Waals surface area contributed by atoms with Crippen LogP contribution in [0.25, 0.3) is 5.57 Å². The molecule has 2 fully saturated rings. The number of nitrogens with zero attached hydrogens (tertiary/aromatic N) is 3. The van der Waals surface area contributed by atoms with Crippen LogP contribution in [0.3, 0.4) is 0 Å². The van der Waals surface area contributed by atoms with Crippen molar-refractivity contribution in [2.24, 2.45) is 5.92 Å². The first-order chi connectivity index (χ1) is 15.3. The maximum absolute atomic E-state index is 13.2. The molecule has 1 aromatic heterocycles. The Labute approximate surface area is 194 Å². The normalized spacial score (nSPS) is 19.6. The number of amides is 1. The van der Waals surface area contributed by atoms with E-state index in [9.17, 15) is 9.90 Å². The molecule has 0 bridgehead atoms. The van der Waals surface area contributed by atoms with Gasteiger partial charge in [-0.2, -0.15) is 0 Å². The van der Waals surface area contributed by atoms with E-state index in [0.717, 1.165) is 36.1 Å². The third kappa shape index (κ3) is 5.14. The van der Waals surface area contributed by atoms with Crippen LogP contribution in [0.5, 0.6) is 0 Å². The number of nitrogens with two attached hydrogens (primary N) is 1. The first-order valence-corrected chi connectivity index (χ1v) is 11.6. The molecule has 0 saturated carbocycles. The lowest BCUT2D eigenvalue weighted by Gasteiger charge is -2.42. The minimum Gasteiger partial charge on any atom is -0.384 e. The zero-order chi connectivity index (χ0) is 22.7. The number of hydrogen-bond donors (Lipinski definition) is 2. The van der Waals surface area contributed by atoms with Crippen LogP contribution in [0.2, 0.25) is 5.02 Å². The Morgan fingerprint density at radius 3 is 2.44 bits per heavy atom. The second-order valence-corrected chi connectivity index (χ2v) is 9.43. The van der Waals surface area contributed by atoms with Gasteiger partial charge in [-0.25, -0.2) is 4.98 Å². The molecule has 3 heterocycles. The van der Waals surface area contributed by atoms with Crippen LogP contribution >= 0.6 is 11.6 Å². The molecule has 1 amide bonds. The smallest absolute Gasteiger partial charge is 0.254 e. The molecule has 2 aliphatic heterocycles. The molecule has 3 N–H and O–H groups in total. The number of nitrogen functional groups attached to an aromatic ring is 1. The number of aliphatic hydroxyl groups is 1. The Morgan fingerprint density at radius 2 is 1.81 bits per heavy atom. The first-order valence-electron chi connectivity index (χ1n) is 11.2. The molecule has 0 aliphatic carbocycles. The number of benzene rings is 1. The van der Waals surface area contributed by atoms with Gasteiger partial charge in [0.2, 0.25) is 0 Å². The number of pyridine rings is 1. The van der Waals surface area contributed by atoms with Gasteiger partial charge in [0.1, 0.15) is 11.4 Å². The van der Waals surface area contributed by atoms with Gasteiger partial charge < -0.3 is 15.7 Å². The number of likely N-dealkylation sites (tertiary alicyclic amines) is 2. The average Bonchev–Trinajstić information content (AvgIpc) is 2.80. The van der Waals surface area contributed by atoms with Gasteiger partial charge in [0.25, 0.3) is 5.91 Å². The minimum atomic E-state index is -1.27. The summed E-state index contributed by atoms with van der Waals surface area (Å²) in [5.74, 6) is 0.721. The van der Waals surface area contributed by atoms with E-state index in [1.54, 1.807) is 6.20 Å². The van der Waals surface area contributed by atoms with Crippen LogP contribution in [-0.4, -0.2) is 57.6 Å². The van der Waals surface area contributed by atoms with Crippen LogP contribution in [0, 0.1) is 5.92 Å². The Morgan fingerprint density at radius 1 is 1.16 bits per heavy atom. The van der Waals surface area contributed by atoms with Gasteiger partial charge in [-0.15, -0.1) is 0 Å². The largest absolute Gasteiger partial charge is 0.384 e. The summed E-state index contributed by atoms with van der Waals surface area (Å²) in [6.07, 6.45) is 4.32. The molecule has 1 aromatic carbocycles. The number of piperidine rings is 2. The SMILES string of the molecule is C=C(c1ccc(Cl)cc1)C1CCN(C(=O)C2(O)CCN(Cc3ccnc(N)c3)CC2)CC1. The fourth-order valence-corrected chi connectivity index (χ4v) is 4.90. The van der Waals surface area contributed by atoms with Crippen molar-refractivity contribution in [3.05, 3.63) is 65.3 Å². The van der Waals surface area contributed by atoms with E-state index >= 15 is 0 Å². The Balaban J connectivity index is 1.28. The Kier molecular flexibility index (Phi) is 6.84. The van der Waals surface area contributed by atoms with E-state index < -0.39 is 5.60 Å². The highest BCUT2D eigenvalue weighted by Gasteiger charge is 2.42. The van der Waals surface area contributed by atoms with Crippen molar-refractivity contribution in [2.45, 2.75) is 37.8 Å². The molecule has 170 valence electrons. The van der Waals surface area contributed by atoms with E-state index in [0.29, 0.717) is 55.8 Å². The lowest BCUT2D eigenvalue weighted by Crippen LogP contribution is -2.56. The summed E-state index contributed by atoms with van der Waals surface area (Å²) in [6, 6.07) is 11.6. The number of allylic oxidation sites excluding steroid dienone is 1. The van der Waals surface area contributed by atoms with E-state index in [2.05, 4.69) is 16.5 Å². The number of rotatable bonds is 5. The zero-order valence-electron chi connectivity index (χ0n) is 18.3. The predicted molar refractivity (Wildman–Crippen MR) is 128 cm³/mol. The molecule has 7 heteroatoms. The molecule has 0 unspecified atom stereocenters. The van der Waals surface area contributed by atoms with E-state index in [1.165, 1.54) is 0 Å². The second-order valence-electron chi connectivity index (χ2n) is 9.00. The van der Waals surface area contributed by atoms with E-state index in [1.807, 2.05) is 41.3 Å². The highest BCUT2D eigenvalue weighted by atomic mass is 35.5. The highest BCUT2D eigenvalue weighted by molar-refractivity contribution is 6.30. The molecular formula is C25H31ClN4O2. The summed E-state index contributed by atoms with van der Waals surface area (Å²) >= 11 is 5.99. The predicted octanol–water partition coefficient (Wildman–Crippen LogP) is 3.60. The molecule has 0 spiro atoms. The second kappa shape index (κ2) is 9.61. The lowest BCUT2D eigenvalue weighted by atomic mass is 9.84. The van der Waals surface area contributed by atoms with Crippen molar-refractivity contribution in [2.75, 3.05) is 31.9 Å². The van der Waals surface area contributed by atoms with Gasteiger partial charge in [-0.1, -0.05) is 30.3 Å². The fraction of sp³-hybridized carbons (Fsp3) is 0.440. The van der Waals surface area contributed by atoms with Crippen LogP contribution in [0.1, 0.15) is 36.8 Å². The summed E-state index contributed by atoms with van der Waals surface area (Å²) in [6.45, 7) is 7.68. The van der Waals surface area contributed by atoms with Crippen LogP contribution in [0.4, 0.5) is 5.82 Å². The number of halogens is 1. The summed E-state index contributed by atoms with van der Waals surface area (Å²) in [4.78, 5) is 21.3. The van der Waals surface area contributed by atoms with Crippen LogP contribution in [0.15, 0.2) is 49.2 Å².